The van der Waals surface area contributed by atoms with Crippen molar-refractivity contribution in [1.82, 2.24) is 10.2 Å². The van der Waals surface area contributed by atoms with Crippen LogP contribution in [0.5, 0.6) is 0 Å². The molecule has 2 saturated heterocycles. The second kappa shape index (κ2) is 6.77. The molecule has 29 heavy (non-hydrogen) atoms. The fraction of sp³-hybridized carbons (Fsp3) is 0.680. The molecule has 1 N–H and O–H groups in total. The second-order valence-corrected chi connectivity index (χ2v) is 11.8. The Morgan fingerprint density at radius 1 is 1.24 bits per heavy atom. The first-order chi connectivity index (χ1) is 13.8. The van der Waals surface area contributed by atoms with E-state index in [1.54, 1.807) is 5.70 Å². The summed E-state index contributed by atoms with van der Waals surface area (Å²) < 4.78 is 6.34. The van der Waals surface area contributed by atoms with Crippen LogP contribution >= 0.6 is 11.8 Å². The summed E-state index contributed by atoms with van der Waals surface area (Å²) in [5.41, 5.74) is 8.03. The Labute approximate surface area is 180 Å². The molecule has 158 valence electrons. The van der Waals surface area contributed by atoms with E-state index in [-0.39, 0.29) is 15.7 Å². The number of hydrogen-bond acceptors (Lipinski definition) is 4. The highest BCUT2D eigenvalue weighted by atomic mass is 32.2. The first-order valence-corrected chi connectivity index (χ1v) is 12.5. The van der Waals surface area contributed by atoms with E-state index in [1.165, 1.54) is 28.7 Å². The Morgan fingerprint density at radius 3 is 2.83 bits per heavy atom. The van der Waals surface area contributed by atoms with Gasteiger partial charge >= 0.3 is 0 Å². The van der Waals surface area contributed by atoms with Gasteiger partial charge < -0.3 is 15.0 Å². The number of fused-ring (bicyclic) bond motifs is 3. The van der Waals surface area contributed by atoms with E-state index in [0.29, 0.717) is 5.92 Å². The number of hydrogen-bond donors (Lipinski definition) is 1. The van der Waals surface area contributed by atoms with Gasteiger partial charge in [0.05, 0.1) is 13.2 Å². The summed E-state index contributed by atoms with van der Waals surface area (Å²) in [6.45, 7) is 14.7. The minimum atomic E-state index is 0.191. The standard InChI is InChI=1S/C25H36N2OS/c1-17-13-23(2,29-5)7-6-20(17)18-12-19-16-28-11-10-27-22(19)24(3,14-18)21-15-26-9-8-25(21,27)4/h6-7,12,21,26H,8-11,13-16H2,1-5H3/t21-,23?,24?,25-/m0/s1. The molecule has 3 aliphatic heterocycles. The maximum absolute atomic E-state index is 6.10. The topological polar surface area (TPSA) is 24.5 Å². The number of ether oxygens (including phenoxy) is 1. The minimum absolute atomic E-state index is 0.191. The minimum Gasteiger partial charge on any atom is -0.375 e. The van der Waals surface area contributed by atoms with Crippen LogP contribution in [-0.2, 0) is 4.74 Å². The molecule has 5 rings (SSSR count). The third-order valence-electron chi connectivity index (χ3n) is 8.52. The largest absolute Gasteiger partial charge is 0.375 e. The van der Waals surface area contributed by atoms with Gasteiger partial charge in [-0.2, -0.15) is 11.8 Å². The van der Waals surface area contributed by atoms with E-state index in [4.69, 9.17) is 4.74 Å². The summed E-state index contributed by atoms with van der Waals surface area (Å²) in [7, 11) is 0. The van der Waals surface area contributed by atoms with Crippen LogP contribution < -0.4 is 5.32 Å². The zero-order valence-electron chi connectivity index (χ0n) is 18.7. The molecule has 0 spiro atoms. The molecule has 3 heterocycles. The Balaban J connectivity index is 1.60. The SMILES string of the molecule is CSC1(C)C=CC(C2=CC3=C4N(CCOC3)[C@@]3(C)CCNC[C@H]3C4(C)C2)=C(C)C1. The van der Waals surface area contributed by atoms with Gasteiger partial charge in [-0.05, 0) is 69.6 Å². The molecule has 3 nitrogen and oxygen atoms in total. The Morgan fingerprint density at radius 2 is 2.07 bits per heavy atom. The van der Waals surface area contributed by atoms with Crippen LogP contribution in [0.15, 0.2) is 46.2 Å². The lowest BCUT2D eigenvalue weighted by Crippen LogP contribution is -2.55. The maximum atomic E-state index is 6.10. The fourth-order valence-electron chi connectivity index (χ4n) is 7.01. The van der Waals surface area contributed by atoms with E-state index in [1.807, 2.05) is 11.8 Å². The predicted molar refractivity (Wildman–Crippen MR) is 123 cm³/mol. The Bertz CT molecular complexity index is 855. The van der Waals surface area contributed by atoms with Gasteiger partial charge in [-0.25, -0.2) is 0 Å². The predicted octanol–water partition coefficient (Wildman–Crippen LogP) is 4.69. The summed E-state index contributed by atoms with van der Waals surface area (Å²) in [5.74, 6) is 0.653. The quantitative estimate of drug-likeness (QED) is 0.711. The summed E-state index contributed by atoms with van der Waals surface area (Å²) in [4.78, 5) is 2.76. The lowest BCUT2D eigenvalue weighted by molar-refractivity contribution is 0.0601. The molecular formula is C25H36N2OS. The molecule has 0 amide bonds. The lowest BCUT2D eigenvalue weighted by atomic mass is 9.62. The highest BCUT2D eigenvalue weighted by Gasteiger charge is 2.61. The van der Waals surface area contributed by atoms with Crippen molar-refractivity contribution in [3.05, 3.63) is 46.2 Å². The van der Waals surface area contributed by atoms with Gasteiger partial charge in [-0.3, -0.25) is 0 Å². The average molecular weight is 413 g/mol. The van der Waals surface area contributed by atoms with Gasteiger partial charge in [0.2, 0.25) is 0 Å². The molecule has 0 aromatic rings. The van der Waals surface area contributed by atoms with Gasteiger partial charge in [-0.1, -0.05) is 30.7 Å². The van der Waals surface area contributed by atoms with Crippen LogP contribution in [0.25, 0.3) is 0 Å². The van der Waals surface area contributed by atoms with Crippen LogP contribution in [0.4, 0.5) is 0 Å². The first-order valence-electron chi connectivity index (χ1n) is 11.3. The van der Waals surface area contributed by atoms with E-state index in [9.17, 15) is 0 Å². The van der Waals surface area contributed by atoms with Crippen molar-refractivity contribution in [2.75, 3.05) is 39.1 Å². The van der Waals surface area contributed by atoms with Crippen LogP contribution in [-0.4, -0.2) is 54.3 Å². The molecule has 0 aromatic carbocycles. The van der Waals surface area contributed by atoms with Gasteiger partial charge in [0.15, 0.2) is 0 Å². The molecule has 0 aromatic heterocycles. The number of piperidine rings is 1. The Kier molecular flexibility index (Phi) is 4.66. The van der Waals surface area contributed by atoms with Crippen molar-refractivity contribution in [2.45, 2.75) is 57.2 Å². The van der Waals surface area contributed by atoms with Gasteiger partial charge in [-0.15, -0.1) is 0 Å². The van der Waals surface area contributed by atoms with Crippen molar-refractivity contribution in [1.29, 1.82) is 0 Å². The van der Waals surface area contributed by atoms with Crippen molar-refractivity contribution < 1.29 is 4.74 Å². The highest BCUT2D eigenvalue weighted by molar-refractivity contribution is 8.00. The zero-order chi connectivity index (χ0) is 20.4. The van der Waals surface area contributed by atoms with E-state index in [2.05, 4.69) is 62.4 Å². The molecule has 0 radical (unpaired) electrons. The molecule has 4 heteroatoms. The van der Waals surface area contributed by atoms with Gasteiger partial charge in [0.25, 0.3) is 0 Å². The van der Waals surface area contributed by atoms with Crippen molar-refractivity contribution >= 4 is 11.8 Å². The molecule has 0 bridgehead atoms. The molecular weight excluding hydrogens is 376 g/mol. The van der Waals surface area contributed by atoms with E-state index in [0.717, 1.165) is 45.7 Å². The summed E-state index contributed by atoms with van der Waals surface area (Å²) in [5, 5.41) is 3.73. The average Bonchev–Trinajstić information content (AvgIpc) is 2.81. The first kappa shape index (κ1) is 20.0. The maximum Gasteiger partial charge on any atom is 0.0734 e. The molecule has 5 aliphatic rings. The smallest absolute Gasteiger partial charge is 0.0734 e. The number of thioether (sulfide) groups is 1. The highest BCUT2D eigenvalue weighted by Crippen LogP contribution is 2.61. The van der Waals surface area contributed by atoms with Crippen LogP contribution in [0.1, 0.15) is 47.0 Å². The van der Waals surface area contributed by atoms with Crippen LogP contribution in [0, 0.1) is 11.3 Å². The molecule has 0 saturated carbocycles. The number of rotatable bonds is 2. The van der Waals surface area contributed by atoms with Crippen molar-refractivity contribution in [3.63, 3.8) is 0 Å². The molecule has 2 unspecified atom stereocenters. The molecule has 4 atom stereocenters. The third kappa shape index (κ3) is 2.85. The fourth-order valence-corrected chi connectivity index (χ4v) is 7.57. The van der Waals surface area contributed by atoms with Crippen LogP contribution in [0.3, 0.4) is 0 Å². The Hall–Kier alpha value is -0.970. The summed E-state index contributed by atoms with van der Waals surface area (Å²) >= 11 is 1.96. The second-order valence-electron chi connectivity index (χ2n) is 10.4. The monoisotopic (exact) mass is 412 g/mol. The van der Waals surface area contributed by atoms with Crippen molar-refractivity contribution in [2.24, 2.45) is 11.3 Å². The number of allylic oxidation sites excluding steroid dienone is 5. The number of nitrogens with zero attached hydrogens (tertiary/aromatic N) is 1. The van der Waals surface area contributed by atoms with Crippen molar-refractivity contribution in [3.8, 4) is 0 Å². The van der Waals surface area contributed by atoms with Crippen LogP contribution in [0.2, 0.25) is 0 Å². The lowest BCUT2D eigenvalue weighted by Gasteiger charge is -2.45. The van der Waals surface area contributed by atoms with Gasteiger partial charge in [0.1, 0.15) is 0 Å². The van der Waals surface area contributed by atoms with E-state index >= 15 is 0 Å². The molecule has 2 fully saturated rings. The zero-order valence-corrected chi connectivity index (χ0v) is 19.5. The third-order valence-corrected chi connectivity index (χ3v) is 9.73. The summed E-state index contributed by atoms with van der Waals surface area (Å²) in [6, 6.07) is 0. The van der Waals surface area contributed by atoms with E-state index < -0.39 is 0 Å². The number of nitrogens with one attached hydrogen (secondary N) is 1. The normalized spacial score (nSPS) is 41.9. The van der Waals surface area contributed by atoms with Gasteiger partial charge in [0, 0.05) is 40.4 Å². The summed E-state index contributed by atoms with van der Waals surface area (Å²) in [6.07, 6.45) is 13.1. The molecule has 2 aliphatic carbocycles.